The molecule has 16 heavy (non-hydrogen) atoms. The molecule has 0 aliphatic rings. The fourth-order valence-corrected chi connectivity index (χ4v) is 1.36. The number of aliphatic hydroxyl groups excluding tert-OH is 1. The van der Waals surface area contributed by atoms with Gasteiger partial charge in [-0.2, -0.15) is 4.39 Å². The quantitative estimate of drug-likeness (QED) is 0.596. The molecule has 0 fully saturated rings. The maximum atomic E-state index is 13.6. The van der Waals surface area contributed by atoms with E-state index in [4.69, 9.17) is 10.8 Å². The summed E-state index contributed by atoms with van der Waals surface area (Å²) in [6, 6.07) is 1.52. The molecule has 0 radical (unpaired) electrons. The normalized spacial score (nSPS) is 12.5. The average Bonchev–Trinajstić information content (AvgIpc) is 2.23. The van der Waals surface area contributed by atoms with Crippen LogP contribution in [0.1, 0.15) is 11.5 Å². The molecule has 5 nitrogen and oxygen atoms in total. The second-order valence-corrected chi connectivity index (χ2v) is 3.17. The van der Waals surface area contributed by atoms with E-state index in [2.05, 4.69) is 0 Å². The third kappa shape index (κ3) is 2.15. The van der Waals surface area contributed by atoms with Crippen molar-refractivity contribution in [2.75, 3.05) is 13.2 Å². The van der Waals surface area contributed by atoms with Gasteiger partial charge in [0.2, 0.25) is 5.82 Å². The van der Waals surface area contributed by atoms with Crippen molar-refractivity contribution in [2.24, 2.45) is 5.73 Å². The van der Waals surface area contributed by atoms with Gasteiger partial charge in [-0.25, -0.2) is 4.39 Å². The predicted octanol–water partition coefficient (Wildman–Crippen LogP) is 0.908. The Hall–Kier alpha value is -1.60. The number of halogens is 2. The van der Waals surface area contributed by atoms with E-state index in [9.17, 15) is 18.9 Å². The fourth-order valence-electron chi connectivity index (χ4n) is 1.36. The van der Waals surface area contributed by atoms with Gasteiger partial charge in [0.05, 0.1) is 11.5 Å². The van der Waals surface area contributed by atoms with Crippen LogP contribution in [0, 0.1) is 21.7 Å². The molecule has 0 aliphatic carbocycles. The van der Waals surface area contributed by atoms with E-state index in [1.807, 2.05) is 0 Å². The summed E-state index contributed by atoms with van der Waals surface area (Å²) in [5.74, 6) is -3.22. The zero-order valence-electron chi connectivity index (χ0n) is 8.19. The number of nitrogens with zero attached hydrogens (tertiary/aromatic N) is 1. The number of benzene rings is 1. The molecular weight excluding hydrogens is 222 g/mol. The summed E-state index contributed by atoms with van der Waals surface area (Å²) in [4.78, 5) is 9.48. The van der Waals surface area contributed by atoms with Crippen molar-refractivity contribution < 1.29 is 18.8 Å². The van der Waals surface area contributed by atoms with Crippen molar-refractivity contribution >= 4 is 5.69 Å². The van der Waals surface area contributed by atoms with Crippen molar-refractivity contribution in [1.82, 2.24) is 0 Å². The van der Waals surface area contributed by atoms with Gasteiger partial charge in [0.1, 0.15) is 5.82 Å². The third-order valence-electron chi connectivity index (χ3n) is 2.22. The highest BCUT2D eigenvalue weighted by Gasteiger charge is 2.26. The summed E-state index contributed by atoms with van der Waals surface area (Å²) in [6.45, 7) is -0.781. The van der Waals surface area contributed by atoms with E-state index in [1.54, 1.807) is 0 Å². The minimum atomic E-state index is -1.28. The Labute approximate surface area is 89.6 Å². The summed E-state index contributed by atoms with van der Waals surface area (Å²) in [7, 11) is 0. The molecule has 3 N–H and O–H groups in total. The van der Waals surface area contributed by atoms with Gasteiger partial charge in [0.25, 0.3) is 0 Å². The van der Waals surface area contributed by atoms with Crippen molar-refractivity contribution in [2.45, 2.75) is 5.92 Å². The lowest BCUT2D eigenvalue weighted by Gasteiger charge is -2.13. The van der Waals surface area contributed by atoms with Gasteiger partial charge in [-0.15, -0.1) is 0 Å². The topological polar surface area (TPSA) is 89.4 Å². The van der Waals surface area contributed by atoms with E-state index >= 15 is 0 Å². The van der Waals surface area contributed by atoms with Gasteiger partial charge >= 0.3 is 5.69 Å². The molecule has 0 heterocycles. The summed E-state index contributed by atoms with van der Waals surface area (Å²) >= 11 is 0. The molecule has 0 aliphatic heterocycles. The molecule has 1 aromatic rings. The van der Waals surface area contributed by atoms with Crippen LogP contribution in [0.25, 0.3) is 0 Å². The molecule has 1 atom stereocenters. The van der Waals surface area contributed by atoms with Crippen molar-refractivity contribution in [3.05, 3.63) is 39.4 Å². The first-order chi connectivity index (χ1) is 7.52. The Bertz CT molecular complexity index is 408. The number of aliphatic hydroxyl groups is 1. The lowest BCUT2D eigenvalue weighted by molar-refractivity contribution is -0.387. The van der Waals surface area contributed by atoms with Crippen LogP contribution in [-0.2, 0) is 0 Å². The molecule has 0 spiro atoms. The summed E-state index contributed by atoms with van der Waals surface area (Å²) in [5, 5.41) is 19.3. The Morgan fingerprint density at radius 1 is 1.50 bits per heavy atom. The van der Waals surface area contributed by atoms with E-state index in [-0.39, 0.29) is 6.54 Å². The van der Waals surface area contributed by atoms with Gasteiger partial charge < -0.3 is 10.8 Å². The van der Waals surface area contributed by atoms with Crippen molar-refractivity contribution in [1.29, 1.82) is 0 Å². The maximum absolute atomic E-state index is 13.6. The predicted molar refractivity (Wildman–Crippen MR) is 51.9 cm³/mol. The Morgan fingerprint density at radius 2 is 2.12 bits per heavy atom. The number of nitro benzene ring substituents is 1. The first-order valence-corrected chi connectivity index (χ1v) is 4.46. The number of hydrogen-bond acceptors (Lipinski definition) is 4. The fraction of sp³-hybridized carbons (Fsp3) is 0.333. The van der Waals surface area contributed by atoms with Crippen molar-refractivity contribution in [3.8, 4) is 0 Å². The standard InChI is InChI=1S/C9H10F2N2O3/c10-6-1-2-7(13(15)16)9(11)8(6)5(3-12)4-14/h1-2,5,14H,3-4,12H2. The highest BCUT2D eigenvalue weighted by atomic mass is 19.1. The molecule has 88 valence electrons. The van der Waals surface area contributed by atoms with Gasteiger partial charge in [0, 0.05) is 24.1 Å². The van der Waals surface area contributed by atoms with Gasteiger partial charge in [-0.1, -0.05) is 0 Å². The molecule has 0 aromatic heterocycles. The molecular formula is C9H10F2N2O3. The van der Waals surface area contributed by atoms with Gasteiger partial charge in [0.15, 0.2) is 0 Å². The van der Waals surface area contributed by atoms with Gasteiger partial charge in [-0.05, 0) is 6.07 Å². The van der Waals surface area contributed by atoms with E-state index in [0.29, 0.717) is 0 Å². The first kappa shape index (κ1) is 12.5. The van der Waals surface area contributed by atoms with Crippen LogP contribution in [0.15, 0.2) is 12.1 Å². The Balaban J connectivity index is 3.36. The SMILES string of the molecule is NCC(CO)c1c(F)ccc([N+](=O)[O-])c1F. The molecule has 0 saturated carbocycles. The average molecular weight is 232 g/mol. The van der Waals surface area contributed by atoms with E-state index < -0.39 is 40.3 Å². The number of hydrogen-bond donors (Lipinski definition) is 2. The van der Waals surface area contributed by atoms with Crippen LogP contribution < -0.4 is 5.73 Å². The van der Waals surface area contributed by atoms with Crippen LogP contribution in [-0.4, -0.2) is 23.2 Å². The van der Waals surface area contributed by atoms with Crippen LogP contribution in [0.4, 0.5) is 14.5 Å². The third-order valence-corrected chi connectivity index (χ3v) is 2.22. The van der Waals surface area contributed by atoms with Crippen LogP contribution in [0.3, 0.4) is 0 Å². The highest BCUT2D eigenvalue weighted by Crippen LogP contribution is 2.28. The highest BCUT2D eigenvalue weighted by molar-refractivity contribution is 5.39. The minimum Gasteiger partial charge on any atom is -0.396 e. The Morgan fingerprint density at radius 3 is 2.56 bits per heavy atom. The lowest BCUT2D eigenvalue weighted by atomic mass is 9.98. The molecule has 1 rings (SSSR count). The van der Waals surface area contributed by atoms with Crippen LogP contribution in [0.5, 0.6) is 0 Å². The van der Waals surface area contributed by atoms with Crippen molar-refractivity contribution in [3.63, 3.8) is 0 Å². The van der Waals surface area contributed by atoms with E-state index in [1.165, 1.54) is 0 Å². The van der Waals surface area contributed by atoms with Gasteiger partial charge in [-0.3, -0.25) is 10.1 Å². The number of nitro groups is 1. The Kier molecular flexibility index (Phi) is 3.86. The monoisotopic (exact) mass is 232 g/mol. The second-order valence-electron chi connectivity index (χ2n) is 3.17. The number of rotatable bonds is 4. The van der Waals surface area contributed by atoms with Crippen LogP contribution in [0.2, 0.25) is 0 Å². The molecule has 1 aromatic carbocycles. The smallest absolute Gasteiger partial charge is 0.305 e. The lowest BCUT2D eigenvalue weighted by Crippen LogP contribution is -2.19. The molecule has 1 unspecified atom stereocenters. The van der Waals surface area contributed by atoms with Crippen LogP contribution >= 0.6 is 0 Å². The summed E-state index contributed by atoms with van der Waals surface area (Å²) < 4.78 is 26.8. The largest absolute Gasteiger partial charge is 0.396 e. The molecule has 0 saturated heterocycles. The summed E-state index contributed by atoms with van der Waals surface area (Å²) in [6.07, 6.45) is 0. The zero-order valence-corrected chi connectivity index (χ0v) is 8.19. The first-order valence-electron chi connectivity index (χ1n) is 4.46. The second kappa shape index (κ2) is 4.95. The number of nitrogens with two attached hydrogens (primary N) is 1. The maximum Gasteiger partial charge on any atom is 0.305 e. The zero-order chi connectivity index (χ0) is 12.3. The molecule has 0 bridgehead atoms. The summed E-state index contributed by atoms with van der Waals surface area (Å²) in [5.41, 5.74) is 3.84. The minimum absolute atomic E-state index is 0.203. The molecule has 0 amide bonds. The molecule has 7 heteroatoms. The van der Waals surface area contributed by atoms with E-state index in [0.717, 1.165) is 12.1 Å².